The van der Waals surface area contributed by atoms with Crippen molar-refractivity contribution >= 4 is 17.5 Å². The summed E-state index contributed by atoms with van der Waals surface area (Å²) in [6.45, 7) is 0. The smallest absolute Gasteiger partial charge is 0.229 e. The van der Waals surface area contributed by atoms with Gasteiger partial charge in [-0.05, 0) is 23.3 Å². The summed E-state index contributed by atoms with van der Waals surface area (Å²) in [7, 11) is 1.56. The van der Waals surface area contributed by atoms with Crippen molar-refractivity contribution in [2.24, 2.45) is 0 Å². The Labute approximate surface area is 103 Å². The van der Waals surface area contributed by atoms with E-state index in [1.54, 1.807) is 19.4 Å². The molecule has 0 fully saturated rings. The highest BCUT2D eigenvalue weighted by Gasteiger charge is 2.23. The largest absolute Gasteiger partial charge is 0.495 e. The fraction of sp³-hybridized carbons (Fsp3) is 0.167. The maximum absolute atomic E-state index is 11.4. The number of ether oxygens (including phenoxy) is 1. The Kier molecular flexibility index (Phi) is 2.22. The van der Waals surface area contributed by atoms with E-state index in [2.05, 4.69) is 10.5 Å². The van der Waals surface area contributed by atoms with Crippen molar-refractivity contribution in [2.45, 2.75) is 6.42 Å². The molecule has 0 atom stereocenters. The highest BCUT2D eigenvalue weighted by molar-refractivity contribution is 6.02. The van der Waals surface area contributed by atoms with Crippen molar-refractivity contribution in [3.05, 3.63) is 23.9 Å². The van der Waals surface area contributed by atoms with Gasteiger partial charge in [-0.1, -0.05) is 5.16 Å². The molecule has 0 saturated heterocycles. The van der Waals surface area contributed by atoms with E-state index in [9.17, 15) is 4.79 Å². The lowest BCUT2D eigenvalue weighted by molar-refractivity contribution is -0.115. The van der Waals surface area contributed by atoms with Gasteiger partial charge in [-0.3, -0.25) is 4.79 Å². The van der Waals surface area contributed by atoms with Crippen molar-refractivity contribution in [2.75, 3.05) is 18.2 Å². The maximum Gasteiger partial charge on any atom is 0.229 e. The van der Waals surface area contributed by atoms with Crippen LogP contribution in [0.25, 0.3) is 11.1 Å². The highest BCUT2D eigenvalue weighted by Crippen LogP contribution is 2.39. The zero-order valence-electron chi connectivity index (χ0n) is 9.69. The van der Waals surface area contributed by atoms with Crippen molar-refractivity contribution < 1.29 is 14.1 Å². The van der Waals surface area contributed by atoms with Gasteiger partial charge in [0.05, 0.1) is 31.0 Å². The summed E-state index contributed by atoms with van der Waals surface area (Å²) >= 11 is 0. The number of benzene rings is 1. The van der Waals surface area contributed by atoms with Gasteiger partial charge < -0.3 is 20.3 Å². The Balaban J connectivity index is 2.17. The van der Waals surface area contributed by atoms with E-state index in [0.29, 0.717) is 17.7 Å². The normalized spacial score (nSPS) is 13.3. The molecule has 6 nitrogen and oxygen atoms in total. The van der Waals surface area contributed by atoms with Crippen LogP contribution < -0.4 is 15.8 Å². The second-order valence-corrected chi connectivity index (χ2v) is 4.04. The monoisotopic (exact) mass is 245 g/mol. The van der Waals surface area contributed by atoms with Gasteiger partial charge in [-0.15, -0.1) is 0 Å². The van der Waals surface area contributed by atoms with Gasteiger partial charge in [0.1, 0.15) is 5.75 Å². The van der Waals surface area contributed by atoms with E-state index in [4.69, 9.17) is 15.0 Å². The number of rotatable bonds is 2. The highest BCUT2D eigenvalue weighted by atomic mass is 16.5. The maximum atomic E-state index is 11.4. The number of carbonyl (C=O) groups is 1. The Morgan fingerprint density at radius 2 is 2.33 bits per heavy atom. The molecule has 1 aromatic heterocycles. The minimum atomic E-state index is -0.0428. The van der Waals surface area contributed by atoms with E-state index in [1.807, 2.05) is 6.07 Å². The van der Waals surface area contributed by atoms with Crippen LogP contribution in [0.2, 0.25) is 0 Å². The number of amides is 1. The quantitative estimate of drug-likeness (QED) is 0.835. The molecule has 0 unspecified atom stereocenters. The second-order valence-electron chi connectivity index (χ2n) is 4.04. The molecule has 1 aliphatic rings. The molecule has 0 bridgehead atoms. The number of nitrogen functional groups attached to an aromatic ring is 1. The average Bonchev–Trinajstić information content (AvgIpc) is 2.92. The van der Waals surface area contributed by atoms with Gasteiger partial charge in [-0.2, -0.15) is 0 Å². The number of anilines is 2. The molecule has 1 aliphatic heterocycles. The van der Waals surface area contributed by atoms with Crippen LogP contribution in [-0.4, -0.2) is 18.2 Å². The van der Waals surface area contributed by atoms with Crippen LogP contribution in [0.4, 0.5) is 11.6 Å². The third-order valence-electron chi connectivity index (χ3n) is 2.93. The van der Waals surface area contributed by atoms with Crippen molar-refractivity contribution in [3.8, 4) is 16.9 Å². The van der Waals surface area contributed by atoms with Crippen molar-refractivity contribution in [1.82, 2.24) is 5.16 Å². The van der Waals surface area contributed by atoms with Gasteiger partial charge in [-0.25, -0.2) is 0 Å². The lowest BCUT2D eigenvalue weighted by Gasteiger charge is -2.09. The number of nitrogens with two attached hydrogens (primary N) is 1. The minimum Gasteiger partial charge on any atom is -0.495 e. The van der Waals surface area contributed by atoms with Crippen LogP contribution in [-0.2, 0) is 11.2 Å². The number of nitrogens with one attached hydrogen (secondary N) is 1. The summed E-state index contributed by atoms with van der Waals surface area (Å²) < 4.78 is 10.1. The Morgan fingerprint density at radius 1 is 1.50 bits per heavy atom. The van der Waals surface area contributed by atoms with E-state index in [1.165, 1.54) is 0 Å². The van der Waals surface area contributed by atoms with E-state index < -0.39 is 0 Å². The average molecular weight is 245 g/mol. The second kappa shape index (κ2) is 3.76. The number of carbonyl (C=O) groups excluding carboxylic acids is 1. The van der Waals surface area contributed by atoms with Gasteiger partial charge in [0, 0.05) is 0 Å². The van der Waals surface area contributed by atoms with Crippen LogP contribution >= 0.6 is 0 Å². The molecule has 1 amide bonds. The fourth-order valence-electron chi connectivity index (χ4n) is 2.09. The molecule has 6 heteroatoms. The zero-order valence-corrected chi connectivity index (χ0v) is 9.69. The van der Waals surface area contributed by atoms with E-state index >= 15 is 0 Å². The standard InChI is InChI=1S/C12H11N3O3/c1-17-9-3-6(8-5-14-18-12(8)13)2-7-4-10(16)15-11(7)9/h2-3,5H,4,13H2,1H3,(H,15,16). The molecule has 92 valence electrons. The number of nitrogens with zero attached hydrogens (tertiary/aromatic N) is 1. The summed E-state index contributed by atoms with van der Waals surface area (Å²) in [5, 5.41) is 6.41. The molecule has 3 rings (SSSR count). The first-order valence-electron chi connectivity index (χ1n) is 5.40. The Bertz CT molecular complexity index is 633. The molecule has 0 saturated carbocycles. The molecule has 0 radical (unpaired) electrons. The fourth-order valence-corrected chi connectivity index (χ4v) is 2.09. The Hall–Kier alpha value is -2.50. The number of fused-ring (bicyclic) bond motifs is 1. The Morgan fingerprint density at radius 3 is 3.00 bits per heavy atom. The van der Waals surface area contributed by atoms with Crippen LogP contribution in [0.15, 0.2) is 22.9 Å². The predicted octanol–water partition coefficient (Wildman–Crippen LogP) is 1.43. The SMILES string of the molecule is COc1cc(-c2cnoc2N)cc2c1NC(=O)C2. The van der Waals surface area contributed by atoms with Crippen LogP contribution in [0.1, 0.15) is 5.56 Å². The third-order valence-corrected chi connectivity index (χ3v) is 2.93. The molecule has 18 heavy (non-hydrogen) atoms. The van der Waals surface area contributed by atoms with Crippen LogP contribution in [0.5, 0.6) is 5.75 Å². The lowest BCUT2D eigenvalue weighted by Crippen LogP contribution is -2.04. The summed E-state index contributed by atoms with van der Waals surface area (Å²) in [6.07, 6.45) is 1.88. The summed E-state index contributed by atoms with van der Waals surface area (Å²) in [5.41, 5.74) is 8.80. The molecule has 0 spiro atoms. The van der Waals surface area contributed by atoms with Crippen molar-refractivity contribution in [3.63, 3.8) is 0 Å². The molecule has 2 aromatic rings. The number of methoxy groups -OCH3 is 1. The molecular formula is C12H11N3O3. The minimum absolute atomic E-state index is 0.0428. The third kappa shape index (κ3) is 1.50. The van der Waals surface area contributed by atoms with Crippen molar-refractivity contribution in [1.29, 1.82) is 0 Å². The first-order valence-corrected chi connectivity index (χ1v) is 5.40. The summed E-state index contributed by atoms with van der Waals surface area (Å²) in [4.78, 5) is 11.4. The lowest BCUT2D eigenvalue weighted by atomic mass is 10.0. The topological polar surface area (TPSA) is 90.4 Å². The molecule has 3 N–H and O–H groups in total. The first kappa shape index (κ1) is 10.6. The molecule has 2 heterocycles. The van der Waals surface area contributed by atoms with Gasteiger partial charge in [0.25, 0.3) is 0 Å². The molecular weight excluding hydrogens is 234 g/mol. The number of aromatic nitrogens is 1. The summed E-state index contributed by atoms with van der Waals surface area (Å²) in [6, 6.07) is 3.69. The number of hydrogen-bond donors (Lipinski definition) is 2. The van der Waals surface area contributed by atoms with E-state index in [0.717, 1.165) is 16.8 Å². The van der Waals surface area contributed by atoms with Crippen LogP contribution in [0.3, 0.4) is 0 Å². The summed E-state index contributed by atoms with van der Waals surface area (Å²) in [5.74, 6) is 0.807. The van der Waals surface area contributed by atoms with Gasteiger partial charge in [0.15, 0.2) is 0 Å². The molecule has 1 aromatic carbocycles. The van der Waals surface area contributed by atoms with Gasteiger partial charge >= 0.3 is 0 Å². The predicted molar refractivity (Wildman–Crippen MR) is 65.2 cm³/mol. The first-order chi connectivity index (χ1) is 8.69. The van der Waals surface area contributed by atoms with Gasteiger partial charge in [0.2, 0.25) is 11.8 Å². The van der Waals surface area contributed by atoms with Crippen LogP contribution in [0, 0.1) is 0 Å². The zero-order chi connectivity index (χ0) is 12.7. The number of hydrogen-bond acceptors (Lipinski definition) is 5. The van der Waals surface area contributed by atoms with E-state index in [-0.39, 0.29) is 11.8 Å². The molecule has 0 aliphatic carbocycles.